The summed E-state index contributed by atoms with van der Waals surface area (Å²) in [6, 6.07) is 0. The van der Waals surface area contributed by atoms with Crippen LogP contribution >= 0.6 is 0 Å². The third kappa shape index (κ3) is 3.35. The smallest absolute Gasteiger partial charge is 0.222 e. The molecule has 1 heterocycles. The first kappa shape index (κ1) is 10.5. The molecule has 0 aromatic carbocycles. The predicted octanol–water partition coefficient (Wildman–Crippen LogP) is 0.956. The molecule has 1 amide bonds. The van der Waals surface area contributed by atoms with Crippen LogP contribution in [0.5, 0.6) is 0 Å². The van der Waals surface area contributed by atoms with Crippen molar-refractivity contribution in [3.63, 3.8) is 0 Å². The number of likely N-dealkylation sites (tertiary alicyclic amines) is 1. The van der Waals surface area contributed by atoms with Crippen molar-refractivity contribution in [2.45, 2.75) is 20.3 Å². The Hall–Kier alpha value is -0.570. The van der Waals surface area contributed by atoms with Crippen molar-refractivity contribution in [2.24, 2.45) is 11.8 Å². The summed E-state index contributed by atoms with van der Waals surface area (Å²) in [4.78, 5) is 13.6. The molecule has 0 radical (unpaired) electrons. The zero-order valence-electron chi connectivity index (χ0n) is 8.84. The fourth-order valence-electron chi connectivity index (χ4n) is 1.64. The molecule has 1 aliphatic heterocycles. The third-order valence-electron chi connectivity index (χ3n) is 2.58. The van der Waals surface area contributed by atoms with Gasteiger partial charge in [0.25, 0.3) is 0 Å². The zero-order chi connectivity index (χ0) is 9.84. The summed E-state index contributed by atoms with van der Waals surface area (Å²) >= 11 is 0. The van der Waals surface area contributed by atoms with E-state index in [-0.39, 0.29) is 13.3 Å². The number of hydrogen-bond donors (Lipinski definition) is 1. The molecule has 3 nitrogen and oxygen atoms in total. The molecular weight excluding hydrogens is 164 g/mol. The highest BCUT2D eigenvalue weighted by Gasteiger charge is 2.19. The van der Waals surface area contributed by atoms with E-state index in [0.717, 1.165) is 13.1 Å². The summed E-state index contributed by atoms with van der Waals surface area (Å²) in [6.45, 7) is 6.99. The second kappa shape index (κ2) is 4.61. The first-order valence-corrected chi connectivity index (χ1v) is 5.06. The average Bonchev–Trinajstić information content (AvgIpc) is 2.47. The monoisotopic (exact) mass is 186 g/mol. The second-order valence-corrected chi connectivity index (χ2v) is 4.32. The van der Waals surface area contributed by atoms with Crippen LogP contribution in [-0.4, -0.2) is 37.5 Å². The minimum absolute atomic E-state index is 0. The Morgan fingerprint density at radius 2 is 2.38 bits per heavy atom. The van der Waals surface area contributed by atoms with E-state index in [9.17, 15) is 4.79 Å². The quantitative estimate of drug-likeness (QED) is 0.712. The predicted molar refractivity (Wildman–Crippen MR) is 55.6 cm³/mol. The average molecular weight is 186 g/mol. The normalized spacial score (nSPS) is 23.8. The molecule has 0 aromatic rings. The molecule has 0 spiro atoms. The van der Waals surface area contributed by atoms with E-state index >= 15 is 0 Å². The number of amides is 1. The highest BCUT2D eigenvalue weighted by atomic mass is 16.1. The summed E-state index contributed by atoms with van der Waals surface area (Å²) in [5.41, 5.74) is 0. The highest BCUT2D eigenvalue weighted by molar-refractivity contribution is 5.77. The van der Waals surface area contributed by atoms with Gasteiger partial charge in [-0.1, -0.05) is 13.8 Å². The zero-order valence-corrected chi connectivity index (χ0v) is 8.84. The first-order valence-electron chi connectivity index (χ1n) is 5.06. The van der Waals surface area contributed by atoms with Gasteiger partial charge in [-0.15, -0.1) is 0 Å². The summed E-state index contributed by atoms with van der Waals surface area (Å²) in [6.07, 6.45) is 1.22. The van der Waals surface area contributed by atoms with Gasteiger partial charge in [0.15, 0.2) is 0 Å². The fourth-order valence-corrected chi connectivity index (χ4v) is 1.64. The molecule has 0 saturated carbocycles. The van der Waals surface area contributed by atoms with Crippen LogP contribution in [0.4, 0.5) is 0 Å². The summed E-state index contributed by atoms with van der Waals surface area (Å²) in [7, 11) is 2.13. The fraction of sp³-hybridized carbons (Fsp3) is 0.900. The standard InChI is InChI=1S/C10H20N2O.H2/c1-8(2)10(13)11-6-9-4-5-12(3)7-9;/h8-9H,4-7H2,1-3H3,(H,11,13);1H. The van der Waals surface area contributed by atoms with Crippen LogP contribution in [0.2, 0.25) is 0 Å². The van der Waals surface area contributed by atoms with E-state index in [1.807, 2.05) is 13.8 Å². The van der Waals surface area contributed by atoms with Crippen molar-refractivity contribution in [3.05, 3.63) is 0 Å². The number of nitrogens with one attached hydrogen (secondary N) is 1. The SMILES string of the molecule is CC(C)C(=O)NCC1CCN(C)C1.[HH]. The van der Waals surface area contributed by atoms with Crippen LogP contribution in [0.3, 0.4) is 0 Å². The minimum atomic E-state index is 0. The van der Waals surface area contributed by atoms with Gasteiger partial charge in [0.2, 0.25) is 5.91 Å². The van der Waals surface area contributed by atoms with Gasteiger partial charge in [0, 0.05) is 20.4 Å². The van der Waals surface area contributed by atoms with Crippen molar-refractivity contribution in [2.75, 3.05) is 26.7 Å². The van der Waals surface area contributed by atoms with E-state index < -0.39 is 0 Å². The number of carbonyl (C=O) groups is 1. The van der Waals surface area contributed by atoms with E-state index in [4.69, 9.17) is 0 Å². The maximum Gasteiger partial charge on any atom is 0.222 e. The Kier molecular flexibility index (Phi) is 3.72. The van der Waals surface area contributed by atoms with Crippen molar-refractivity contribution in [1.82, 2.24) is 10.2 Å². The van der Waals surface area contributed by atoms with Crippen LogP contribution in [0.15, 0.2) is 0 Å². The third-order valence-corrected chi connectivity index (χ3v) is 2.58. The molecule has 1 aliphatic rings. The summed E-state index contributed by atoms with van der Waals surface area (Å²) in [5, 5.41) is 2.98. The lowest BCUT2D eigenvalue weighted by molar-refractivity contribution is -0.124. The lowest BCUT2D eigenvalue weighted by atomic mass is 10.1. The molecule has 0 bridgehead atoms. The molecule has 1 N–H and O–H groups in total. The molecule has 1 fully saturated rings. The van der Waals surface area contributed by atoms with Gasteiger partial charge in [-0.25, -0.2) is 0 Å². The Morgan fingerprint density at radius 1 is 1.69 bits per heavy atom. The number of carbonyl (C=O) groups excluding carboxylic acids is 1. The number of hydrogen-bond acceptors (Lipinski definition) is 2. The molecule has 0 aliphatic carbocycles. The largest absolute Gasteiger partial charge is 0.356 e. The van der Waals surface area contributed by atoms with E-state index in [1.54, 1.807) is 0 Å². The molecule has 0 aromatic heterocycles. The molecular formula is C10H22N2O. The van der Waals surface area contributed by atoms with Crippen molar-refractivity contribution < 1.29 is 6.22 Å². The van der Waals surface area contributed by atoms with Gasteiger partial charge in [0.1, 0.15) is 0 Å². The van der Waals surface area contributed by atoms with Crippen molar-refractivity contribution in [3.8, 4) is 0 Å². The Bertz CT molecular complexity index is 185. The molecule has 78 valence electrons. The highest BCUT2D eigenvalue weighted by Crippen LogP contribution is 2.12. The summed E-state index contributed by atoms with van der Waals surface area (Å²) in [5.74, 6) is 0.946. The van der Waals surface area contributed by atoms with Gasteiger partial charge < -0.3 is 10.2 Å². The van der Waals surface area contributed by atoms with Gasteiger partial charge in [-0.05, 0) is 25.9 Å². The number of rotatable bonds is 3. The van der Waals surface area contributed by atoms with Crippen LogP contribution in [0, 0.1) is 11.8 Å². The summed E-state index contributed by atoms with van der Waals surface area (Å²) < 4.78 is 0. The van der Waals surface area contributed by atoms with Gasteiger partial charge >= 0.3 is 0 Å². The van der Waals surface area contributed by atoms with Crippen LogP contribution < -0.4 is 5.32 Å². The molecule has 1 atom stereocenters. The maximum absolute atomic E-state index is 11.3. The van der Waals surface area contributed by atoms with Crippen molar-refractivity contribution in [1.29, 1.82) is 0 Å². The van der Waals surface area contributed by atoms with Gasteiger partial charge in [-0.2, -0.15) is 0 Å². The van der Waals surface area contributed by atoms with Crippen LogP contribution in [-0.2, 0) is 4.79 Å². The van der Waals surface area contributed by atoms with E-state index in [0.29, 0.717) is 5.92 Å². The molecule has 13 heavy (non-hydrogen) atoms. The first-order chi connectivity index (χ1) is 6.09. The van der Waals surface area contributed by atoms with Crippen LogP contribution in [0.25, 0.3) is 0 Å². The molecule has 1 rings (SSSR count). The lowest BCUT2D eigenvalue weighted by Gasteiger charge is -2.12. The van der Waals surface area contributed by atoms with Crippen LogP contribution in [0.1, 0.15) is 21.7 Å². The Balaban J connectivity index is 0.00000169. The minimum Gasteiger partial charge on any atom is -0.356 e. The topological polar surface area (TPSA) is 32.3 Å². The number of nitrogens with zero attached hydrogens (tertiary/aromatic N) is 1. The van der Waals surface area contributed by atoms with Gasteiger partial charge in [-0.3, -0.25) is 4.79 Å². The Labute approximate surface area is 82.0 Å². The molecule has 1 unspecified atom stereocenters. The maximum atomic E-state index is 11.3. The van der Waals surface area contributed by atoms with E-state index in [1.165, 1.54) is 13.0 Å². The molecule has 3 heteroatoms. The Morgan fingerprint density at radius 3 is 2.85 bits per heavy atom. The second-order valence-electron chi connectivity index (χ2n) is 4.32. The van der Waals surface area contributed by atoms with Gasteiger partial charge in [0.05, 0.1) is 0 Å². The lowest BCUT2D eigenvalue weighted by Crippen LogP contribution is -2.33. The van der Waals surface area contributed by atoms with E-state index in [2.05, 4.69) is 17.3 Å². The molecule has 1 saturated heterocycles. The van der Waals surface area contributed by atoms with Crippen molar-refractivity contribution >= 4 is 5.91 Å².